The van der Waals surface area contributed by atoms with Crippen molar-refractivity contribution in [3.63, 3.8) is 0 Å². The molecule has 1 aliphatic rings. The Hall–Kier alpha value is -8.79. The van der Waals surface area contributed by atoms with E-state index in [0.29, 0.717) is 17.5 Å². The van der Waals surface area contributed by atoms with E-state index in [0.717, 1.165) is 38.9 Å². The zero-order valence-electron chi connectivity index (χ0n) is 38.5. The molecule has 0 unspecified atom stereocenters. The fraction of sp³-hybridized carbons (Fsp3) is 0.0455. The number of hydrogen-bond acceptors (Lipinski definition) is 3. The Bertz CT molecular complexity index is 3600. The van der Waals surface area contributed by atoms with Crippen LogP contribution in [0.15, 0.2) is 249 Å². The minimum absolute atomic E-state index is 0.299. The van der Waals surface area contributed by atoms with Gasteiger partial charge in [-0.2, -0.15) is 0 Å². The molecule has 0 saturated heterocycles. The molecule has 69 heavy (non-hydrogen) atoms. The Balaban J connectivity index is 1.03. The van der Waals surface area contributed by atoms with Crippen molar-refractivity contribution in [2.75, 3.05) is 0 Å². The van der Waals surface area contributed by atoms with Crippen LogP contribution in [0.4, 0.5) is 0 Å². The quantitative estimate of drug-likeness (QED) is 0.145. The highest BCUT2D eigenvalue weighted by atomic mass is 15.0. The molecule has 0 aliphatic heterocycles. The van der Waals surface area contributed by atoms with Gasteiger partial charge in [-0.05, 0) is 107 Å². The molecule has 0 N–H and O–H groups in total. The molecule has 3 nitrogen and oxygen atoms in total. The zero-order chi connectivity index (χ0) is 46.3. The topological polar surface area (TPSA) is 38.7 Å². The Morgan fingerprint density at radius 3 is 1.01 bits per heavy atom. The highest BCUT2D eigenvalue weighted by Gasteiger charge is 2.42. The molecule has 3 heteroatoms. The van der Waals surface area contributed by atoms with Gasteiger partial charge in [0.2, 0.25) is 0 Å². The first-order valence-corrected chi connectivity index (χ1v) is 23.7. The van der Waals surface area contributed by atoms with Crippen molar-refractivity contribution in [2.24, 2.45) is 0 Å². The van der Waals surface area contributed by atoms with Gasteiger partial charge in [-0.25, -0.2) is 15.0 Å². The molecule has 12 rings (SSSR count). The third-order valence-corrected chi connectivity index (χ3v) is 13.7. The highest BCUT2D eigenvalue weighted by molar-refractivity contribution is 6.12. The van der Waals surface area contributed by atoms with Crippen LogP contribution in [0.5, 0.6) is 0 Å². The van der Waals surface area contributed by atoms with Crippen molar-refractivity contribution in [1.82, 2.24) is 15.0 Å². The second kappa shape index (κ2) is 17.5. The van der Waals surface area contributed by atoms with Gasteiger partial charge in [-0.15, -0.1) is 0 Å². The minimum atomic E-state index is -0.299. The van der Waals surface area contributed by atoms with E-state index in [-0.39, 0.29) is 5.41 Å². The Morgan fingerprint density at radius 2 is 0.551 bits per heavy atom. The molecule has 1 aromatic heterocycles. The van der Waals surface area contributed by atoms with Crippen LogP contribution in [0.3, 0.4) is 0 Å². The van der Waals surface area contributed by atoms with E-state index >= 15 is 0 Å². The molecule has 0 saturated carbocycles. The summed E-state index contributed by atoms with van der Waals surface area (Å²) < 4.78 is 0. The van der Waals surface area contributed by atoms with E-state index in [1.807, 2.05) is 60.7 Å². The molecule has 0 fully saturated rings. The molecular weight excluding hydrogens is 835 g/mol. The van der Waals surface area contributed by atoms with Gasteiger partial charge in [0.05, 0.1) is 0 Å². The number of fused-ring (bicyclic) bond motifs is 3. The Morgan fingerprint density at radius 1 is 0.246 bits per heavy atom. The van der Waals surface area contributed by atoms with Gasteiger partial charge in [0.1, 0.15) is 0 Å². The van der Waals surface area contributed by atoms with E-state index in [2.05, 4.69) is 202 Å². The van der Waals surface area contributed by atoms with Crippen LogP contribution in [0.1, 0.15) is 25.0 Å². The van der Waals surface area contributed by atoms with Crippen molar-refractivity contribution >= 4 is 0 Å². The lowest BCUT2D eigenvalue weighted by Crippen LogP contribution is -2.17. The van der Waals surface area contributed by atoms with Gasteiger partial charge < -0.3 is 0 Å². The fourth-order valence-electron chi connectivity index (χ4n) is 10.5. The summed E-state index contributed by atoms with van der Waals surface area (Å²) in [5.41, 5.74) is 22.1. The number of aromatic nitrogens is 3. The van der Waals surface area contributed by atoms with Gasteiger partial charge in [0.15, 0.2) is 17.5 Å². The summed E-state index contributed by atoms with van der Waals surface area (Å²) in [5.74, 6) is 1.92. The van der Waals surface area contributed by atoms with Crippen LogP contribution in [0.2, 0.25) is 0 Å². The standard InChI is InChI=1S/C66H47N3/c1-66(2)56-40-19-18-39-55(56)61-59(46-27-12-5-13-28-46)57(44-23-8-3-9-24-44)58(45-25-10-4-11-26-45)60(62(61)66)53-37-21-35-51(42-53)49-33-20-34-50(41-49)52-36-22-38-54(43-52)65-68-63(47-29-14-6-15-30-47)67-64(69-65)48-31-16-7-17-32-48/h3-43H,1-2H3. The largest absolute Gasteiger partial charge is 0.208 e. The lowest BCUT2D eigenvalue weighted by atomic mass is 9.72. The first kappa shape index (κ1) is 41.6. The minimum Gasteiger partial charge on any atom is -0.208 e. The van der Waals surface area contributed by atoms with Crippen LogP contribution in [-0.4, -0.2) is 15.0 Å². The molecule has 0 spiro atoms. The third-order valence-electron chi connectivity index (χ3n) is 13.7. The molecular formula is C66H47N3. The molecule has 1 heterocycles. The van der Waals surface area contributed by atoms with E-state index < -0.39 is 0 Å². The molecule has 0 amide bonds. The van der Waals surface area contributed by atoms with Gasteiger partial charge >= 0.3 is 0 Å². The number of rotatable bonds is 9. The molecule has 0 radical (unpaired) electrons. The van der Waals surface area contributed by atoms with E-state index in [9.17, 15) is 0 Å². The van der Waals surface area contributed by atoms with Gasteiger partial charge in [0.25, 0.3) is 0 Å². The van der Waals surface area contributed by atoms with Crippen molar-refractivity contribution < 1.29 is 0 Å². The van der Waals surface area contributed by atoms with E-state index in [4.69, 9.17) is 15.0 Å². The van der Waals surface area contributed by atoms with Crippen LogP contribution in [0, 0.1) is 0 Å². The fourth-order valence-corrected chi connectivity index (χ4v) is 10.5. The van der Waals surface area contributed by atoms with Crippen LogP contribution >= 0.6 is 0 Å². The molecule has 0 atom stereocenters. The summed E-state index contributed by atoms with van der Waals surface area (Å²) in [5, 5.41) is 0. The average molecular weight is 882 g/mol. The number of nitrogens with zero attached hydrogens (tertiary/aromatic N) is 3. The lowest BCUT2D eigenvalue weighted by Gasteiger charge is -2.30. The molecule has 1 aliphatic carbocycles. The normalized spacial score (nSPS) is 12.3. The van der Waals surface area contributed by atoms with Crippen LogP contribution in [-0.2, 0) is 5.41 Å². The lowest BCUT2D eigenvalue weighted by molar-refractivity contribution is 0.662. The van der Waals surface area contributed by atoms with Crippen LogP contribution in [0.25, 0.3) is 112 Å². The number of benzene rings is 10. The Labute approximate surface area is 404 Å². The van der Waals surface area contributed by atoms with Crippen molar-refractivity contribution in [2.45, 2.75) is 19.3 Å². The predicted octanol–water partition coefficient (Wildman–Crippen LogP) is 17.2. The summed E-state index contributed by atoms with van der Waals surface area (Å²) >= 11 is 0. The van der Waals surface area contributed by atoms with Gasteiger partial charge in [-0.1, -0.05) is 244 Å². The summed E-state index contributed by atoms with van der Waals surface area (Å²) in [4.78, 5) is 15.0. The first-order valence-electron chi connectivity index (χ1n) is 23.7. The average Bonchev–Trinajstić information content (AvgIpc) is 3.67. The number of hydrogen-bond donors (Lipinski definition) is 0. The molecule has 0 bridgehead atoms. The summed E-state index contributed by atoms with van der Waals surface area (Å²) in [6.45, 7) is 4.83. The summed E-state index contributed by atoms with van der Waals surface area (Å²) in [6, 6.07) is 89.0. The monoisotopic (exact) mass is 881 g/mol. The first-order chi connectivity index (χ1) is 34.0. The van der Waals surface area contributed by atoms with Crippen molar-refractivity contribution in [3.8, 4) is 112 Å². The summed E-state index contributed by atoms with van der Waals surface area (Å²) in [7, 11) is 0. The molecule has 326 valence electrons. The van der Waals surface area contributed by atoms with Crippen LogP contribution < -0.4 is 0 Å². The maximum atomic E-state index is 5.04. The SMILES string of the molecule is CC1(C)c2ccccc2-c2c(-c3ccccc3)c(-c3ccccc3)c(-c3ccccc3)c(-c3cccc(-c4cccc(-c5cccc(-c6nc(-c7ccccc7)nc(-c7ccccc7)n6)c5)c4)c3)c21. The van der Waals surface area contributed by atoms with Crippen molar-refractivity contribution in [3.05, 3.63) is 260 Å². The summed E-state index contributed by atoms with van der Waals surface area (Å²) in [6.07, 6.45) is 0. The van der Waals surface area contributed by atoms with Crippen molar-refractivity contribution in [1.29, 1.82) is 0 Å². The zero-order valence-corrected chi connectivity index (χ0v) is 38.5. The van der Waals surface area contributed by atoms with Gasteiger partial charge in [-0.3, -0.25) is 0 Å². The molecule has 11 aromatic rings. The molecule has 10 aromatic carbocycles. The second-order valence-electron chi connectivity index (χ2n) is 18.3. The maximum Gasteiger partial charge on any atom is 0.164 e. The van der Waals surface area contributed by atoms with E-state index in [1.165, 1.54) is 66.8 Å². The maximum absolute atomic E-state index is 5.04. The third kappa shape index (κ3) is 7.55. The second-order valence-corrected chi connectivity index (χ2v) is 18.3. The van der Waals surface area contributed by atoms with E-state index in [1.54, 1.807) is 0 Å². The predicted molar refractivity (Wildman–Crippen MR) is 286 cm³/mol. The Kier molecular flexibility index (Phi) is 10.5. The highest BCUT2D eigenvalue weighted by Crippen LogP contribution is 2.61. The van der Waals surface area contributed by atoms with Gasteiger partial charge in [0, 0.05) is 22.1 Å². The smallest absolute Gasteiger partial charge is 0.164 e.